The lowest BCUT2D eigenvalue weighted by Gasteiger charge is -2.37. The van der Waals surface area contributed by atoms with E-state index in [1.807, 2.05) is 6.07 Å². The summed E-state index contributed by atoms with van der Waals surface area (Å²) in [5.74, 6) is -0.439. The van der Waals surface area contributed by atoms with E-state index in [2.05, 4.69) is 0 Å². The van der Waals surface area contributed by atoms with Gasteiger partial charge in [0.1, 0.15) is 22.3 Å². The first-order valence-electron chi connectivity index (χ1n) is 9.02. The smallest absolute Gasteiger partial charge is 0.265 e. The van der Waals surface area contributed by atoms with Crippen LogP contribution in [0.5, 0.6) is 5.75 Å². The summed E-state index contributed by atoms with van der Waals surface area (Å²) in [5, 5.41) is 9.80. The Bertz CT molecular complexity index is 1210. The molecule has 1 atom stereocenters. The Balaban J connectivity index is 2.10. The van der Waals surface area contributed by atoms with Crippen LogP contribution in [0.4, 0.5) is 5.69 Å². The van der Waals surface area contributed by atoms with Crippen molar-refractivity contribution in [1.29, 1.82) is 5.26 Å². The van der Waals surface area contributed by atoms with Gasteiger partial charge in [-0.1, -0.05) is 30.3 Å². The van der Waals surface area contributed by atoms with E-state index in [1.54, 1.807) is 55.5 Å². The van der Waals surface area contributed by atoms with Gasteiger partial charge in [0.2, 0.25) is 5.88 Å². The summed E-state index contributed by atoms with van der Waals surface area (Å²) < 4.78 is 39.9. The number of anilines is 1. The highest BCUT2D eigenvalue weighted by molar-refractivity contribution is 7.97. The van der Waals surface area contributed by atoms with Gasteiger partial charge >= 0.3 is 0 Å². The molecular formula is C21H19N3O4S. The second-order valence-electron chi connectivity index (χ2n) is 6.55. The van der Waals surface area contributed by atoms with Crippen LogP contribution < -0.4 is 14.8 Å². The lowest BCUT2D eigenvalue weighted by atomic mass is 9.87. The average molecular weight is 409 g/mol. The number of nitrogens with zero attached hydrogens (tertiary/aromatic N) is 2. The van der Waals surface area contributed by atoms with Crippen LogP contribution in [0.1, 0.15) is 24.0 Å². The Labute approximate surface area is 169 Å². The van der Waals surface area contributed by atoms with Gasteiger partial charge in [-0.3, -0.25) is 4.31 Å². The summed E-state index contributed by atoms with van der Waals surface area (Å²) in [6.07, 6.45) is 0. The molecule has 2 aliphatic rings. The van der Waals surface area contributed by atoms with E-state index in [0.717, 1.165) is 0 Å². The highest BCUT2D eigenvalue weighted by Crippen LogP contribution is 2.52. The fourth-order valence-corrected chi connectivity index (χ4v) is 5.79. The molecule has 0 spiro atoms. The second kappa shape index (κ2) is 6.87. The first-order valence-corrected chi connectivity index (χ1v) is 10.5. The van der Waals surface area contributed by atoms with Crippen molar-refractivity contribution in [2.75, 3.05) is 18.0 Å². The molecule has 2 aromatic carbocycles. The van der Waals surface area contributed by atoms with Crippen molar-refractivity contribution < 1.29 is 17.9 Å². The predicted molar refractivity (Wildman–Crippen MR) is 109 cm³/mol. The maximum absolute atomic E-state index is 13.7. The molecule has 2 heterocycles. The molecule has 4 rings (SSSR count). The summed E-state index contributed by atoms with van der Waals surface area (Å²) in [4.78, 5) is -0.00620. The number of hydrogen-bond acceptors (Lipinski definition) is 6. The topological polar surface area (TPSA) is 106 Å². The molecule has 0 bridgehead atoms. The van der Waals surface area contributed by atoms with Crippen molar-refractivity contribution in [1.82, 2.24) is 0 Å². The number of allylic oxidation sites excluding steroid dienone is 2. The van der Waals surface area contributed by atoms with Gasteiger partial charge in [0.25, 0.3) is 10.0 Å². The van der Waals surface area contributed by atoms with Gasteiger partial charge in [-0.05, 0) is 25.1 Å². The molecule has 8 heteroatoms. The van der Waals surface area contributed by atoms with Crippen LogP contribution in [0.3, 0.4) is 0 Å². The zero-order valence-electron chi connectivity index (χ0n) is 15.9. The minimum absolute atomic E-state index is 0.00620. The highest BCUT2D eigenvalue weighted by atomic mass is 32.2. The molecule has 148 valence electrons. The lowest BCUT2D eigenvalue weighted by Crippen LogP contribution is -2.39. The van der Waals surface area contributed by atoms with Crippen molar-refractivity contribution in [3.05, 3.63) is 76.0 Å². The molecular weight excluding hydrogens is 390 g/mol. The number of fused-ring (bicyclic) bond motifs is 2. The molecule has 0 amide bonds. The van der Waals surface area contributed by atoms with E-state index >= 15 is 0 Å². The molecule has 7 nitrogen and oxygen atoms in total. The van der Waals surface area contributed by atoms with E-state index in [9.17, 15) is 13.7 Å². The van der Waals surface area contributed by atoms with E-state index in [-0.39, 0.29) is 28.7 Å². The summed E-state index contributed by atoms with van der Waals surface area (Å²) in [6.45, 7) is 1.99. The highest BCUT2D eigenvalue weighted by Gasteiger charge is 2.47. The Morgan fingerprint density at radius 2 is 1.90 bits per heavy atom. The predicted octanol–water partition coefficient (Wildman–Crippen LogP) is 3.04. The van der Waals surface area contributed by atoms with Crippen LogP contribution in [0, 0.1) is 11.3 Å². The van der Waals surface area contributed by atoms with Gasteiger partial charge in [-0.15, -0.1) is 0 Å². The number of nitrogens with two attached hydrogens (primary N) is 1. The number of benzene rings is 2. The molecule has 0 aliphatic carbocycles. The molecule has 2 aliphatic heterocycles. The van der Waals surface area contributed by atoms with Crippen LogP contribution in [0.25, 0.3) is 5.76 Å². The maximum Gasteiger partial charge on any atom is 0.265 e. The van der Waals surface area contributed by atoms with Gasteiger partial charge in [0.15, 0.2) is 5.76 Å². The van der Waals surface area contributed by atoms with Gasteiger partial charge in [-0.2, -0.15) is 5.26 Å². The van der Waals surface area contributed by atoms with E-state index in [0.29, 0.717) is 22.6 Å². The number of nitriles is 1. The molecule has 2 aromatic rings. The van der Waals surface area contributed by atoms with E-state index in [1.165, 1.54) is 11.4 Å². The number of hydrogen-bond donors (Lipinski definition) is 1. The molecule has 2 N–H and O–H groups in total. The fourth-order valence-electron chi connectivity index (χ4n) is 3.87. The number of ether oxygens (including phenoxy) is 2. The lowest BCUT2D eigenvalue weighted by molar-refractivity contribution is 0.355. The Morgan fingerprint density at radius 3 is 2.59 bits per heavy atom. The molecule has 0 radical (unpaired) electrons. The van der Waals surface area contributed by atoms with E-state index in [4.69, 9.17) is 15.2 Å². The van der Waals surface area contributed by atoms with Crippen LogP contribution in [0.2, 0.25) is 0 Å². The third-order valence-corrected chi connectivity index (χ3v) is 7.11. The number of rotatable bonds is 3. The van der Waals surface area contributed by atoms with Crippen molar-refractivity contribution in [2.24, 2.45) is 5.73 Å². The van der Waals surface area contributed by atoms with Crippen LogP contribution in [-0.4, -0.2) is 22.1 Å². The first-order chi connectivity index (χ1) is 14.0. The second-order valence-corrected chi connectivity index (χ2v) is 8.38. The van der Waals surface area contributed by atoms with Crippen molar-refractivity contribution in [3.8, 4) is 11.8 Å². The third kappa shape index (κ3) is 2.66. The van der Waals surface area contributed by atoms with Crippen molar-refractivity contribution in [3.63, 3.8) is 0 Å². The monoisotopic (exact) mass is 409 g/mol. The zero-order chi connectivity index (χ0) is 20.8. The van der Waals surface area contributed by atoms with Gasteiger partial charge in [-0.25, -0.2) is 8.42 Å². The molecule has 0 saturated heterocycles. The van der Waals surface area contributed by atoms with Crippen LogP contribution in [0.15, 0.2) is 64.9 Å². The fraction of sp³-hybridized carbons (Fsp3) is 0.190. The largest absolute Gasteiger partial charge is 0.496 e. The quantitative estimate of drug-likeness (QED) is 0.835. The van der Waals surface area contributed by atoms with E-state index < -0.39 is 15.9 Å². The zero-order valence-corrected chi connectivity index (χ0v) is 16.7. The minimum atomic E-state index is -3.99. The first kappa shape index (κ1) is 18.9. The third-order valence-electron chi connectivity index (χ3n) is 5.10. The summed E-state index contributed by atoms with van der Waals surface area (Å²) >= 11 is 0. The summed E-state index contributed by atoms with van der Waals surface area (Å²) in [6, 6.07) is 16.1. The molecule has 29 heavy (non-hydrogen) atoms. The standard InChI is InChI=1S/C21H19N3O4S/c1-3-24-16-10-6-4-8-13(16)19-20(29(24,25)26)18(15(12-22)21(23)28-19)14-9-5-7-11-17(14)27-2/h4-11,18H,3,23H2,1-2H3/t18-/m1/s1. The normalized spacial score (nSPS) is 19.8. The van der Waals surface area contributed by atoms with Crippen molar-refractivity contribution >= 4 is 21.5 Å². The Kier molecular flexibility index (Phi) is 4.47. The van der Waals surface area contributed by atoms with Crippen molar-refractivity contribution in [2.45, 2.75) is 12.8 Å². The van der Waals surface area contributed by atoms with Crippen LogP contribution in [-0.2, 0) is 14.8 Å². The molecule has 0 unspecified atom stereocenters. The van der Waals surface area contributed by atoms with Gasteiger partial charge in [0, 0.05) is 17.7 Å². The number of sulfonamides is 1. The molecule has 0 saturated carbocycles. The summed E-state index contributed by atoms with van der Waals surface area (Å²) in [7, 11) is -2.49. The Hall–Kier alpha value is -3.44. The van der Waals surface area contributed by atoms with Crippen LogP contribution >= 0.6 is 0 Å². The van der Waals surface area contributed by atoms with Gasteiger partial charge < -0.3 is 15.2 Å². The summed E-state index contributed by atoms with van der Waals surface area (Å²) in [5.41, 5.74) is 7.77. The minimum Gasteiger partial charge on any atom is -0.496 e. The average Bonchev–Trinajstić information content (AvgIpc) is 2.73. The molecule has 0 aromatic heterocycles. The molecule has 0 fully saturated rings. The number of para-hydroxylation sites is 2. The maximum atomic E-state index is 13.7. The number of methoxy groups -OCH3 is 1. The van der Waals surface area contributed by atoms with Gasteiger partial charge in [0.05, 0.1) is 18.7 Å². The SMILES string of the molecule is CCN1c2ccccc2C2=C([C@H](c3ccccc3OC)C(C#N)=C(N)O2)S1(=O)=O. The Morgan fingerprint density at radius 1 is 1.21 bits per heavy atom.